The minimum Gasteiger partial charge on any atom is -0.404 e. The summed E-state index contributed by atoms with van der Waals surface area (Å²) < 4.78 is 0. The number of hydrogen-bond acceptors (Lipinski definition) is 2. The Balaban J connectivity index is 3.71. The van der Waals surface area contributed by atoms with Crippen LogP contribution in [0.3, 0.4) is 0 Å². The first kappa shape index (κ1) is 7.95. The number of nitrogens with two attached hydrogens (primary N) is 1. The van der Waals surface area contributed by atoms with Gasteiger partial charge in [-0.2, -0.15) is 0 Å². The van der Waals surface area contributed by atoms with Crippen molar-refractivity contribution in [1.82, 2.24) is 0 Å². The lowest BCUT2D eigenvalue weighted by Crippen LogP contribution is -1.83. The van der Waals surface area contributed by atoms with Crippen molar-refractivity contribution in [3.63, 3.8) is 0 Å². The Kier molecular flexibility index (Phi) is 4.50. The molecular weight excluding hydrogens is 112 g/mol. The van der Waals surface area contributed by atoms with Gasteiger partial charge in [-0.3, -0.25) is 4.99 Å². The molecule has 0 fully saturated rings. The average molecular weight is 124 g/mol. The van der Waals surface area contributed by atoms with Gasteiger partial charge in [0, 0.05) is 12.4 Å². The Morgan fingerprint density at radius 1 is 1.56 bits per heavy atom. The smallest absolute Gasteiger partial charge is 0.0311 e. The van der Waals surface area contributed by atoms with E-state index in [0.29, 0.717) is 0 Å². The van der Waals surface area contributed by atoms with E-state index in [-0.39, 0.29) is 0 Å². The molecular formula is C7H12N2. The van der Waals surface area contributed by atoms with Gasteiger partial charge in [0.05, 0.1) is 0 Å². The van der Waals surface area contributed by atoms with Crippen LogP contribution in [0, 0.1) is 0 Å². The molecule has 0 heterocycles. The summed E-state index contributed by atoms with van der Waals surface area (Å²) in [4.78, 5) is 3.91. The SMILES string of the molecule is C\C=C/N=C\C(C)=C/N. The predicted molar refractivity (Wildman–Crippen MR) is 41.3 cm³/mol. The Morgan fingerprint density at radius 3 is 2.67 bits per heavy atom. The Morgan fingerprint density at radius 2 is 2.22 bits per heavy atom. The van der Waals surface area contributed by atoms with Crippen LogP contribution in [0.15, 0.2) is 29.0 Å². The molecule has 0 radical (unpaired) electrons. The fourth-order valence-corrected chi connectivity index (χ4v) is 0.290. The summed E-state index contributed by atoms with van der Waals surface area (Å²) >= 11 is 0. The van der Waals surface area contributed by atoms with Crippen molar-refractivity contribution in [3.05, 3.63) is 24.0 Å². The molecule has 0 aromatic heterocycles. The molecule has 0 saturated heterocycles. The third kappa shape index (κ3) is 4.81. The summed E-state index contributed by atoms with van der Waals surface area (Å²) in [6, 6.07) is 0. The normalized spacial score (nSPS) is 13.8. The van der Waals surface area contributed by atoms with E-state index in [9.17, 15) is 0 Å². The lowest BCUT2D eigenvalue weighted by atomic mass is 10.4. The lowest BCUT2D eigenvalue weighted by molar-refractivity contribution is 1.46. The van der Waals surface area contributed by atoms with Crippen molar-refractivity contribution < 1.29 is 0 Å². The van der Waals surface area contributed by atoms with Crippen molar-refractivity contribution in [2.24, 2.45) is 10.7 Å². The fraction of sp³-hybridized carbons (Fsp3) is 0.286. The van der Waals surface area contributed by atoms with Crippen LogP contribution in [0.25, 0.3) is 0 Å². The summed E-state index contributed by atoms with van der Waals surface area (Å²) in [6.45, 7) is 3.81. The second kappa shape index (κ2) is 5.09. The zero-order valence-corrected chi connectivity index (χ0v) is 5.83. The van der Waals surface area contributed by atoms with Gasteiger partial charge in [-0.25, -0.2) is 0 Å². The van der Waals surface area contributed by atoms with Crippen LogP contribution in [0.5, 0.6) is 0 Å². The standard InChI is InChI=1S/C7H12N2/c1-3-4-9-6-7(2)5-8/h3-6H,8H2,1-2H3/b4-3-,7-5-,9-6-. The van der Waals surface area contributed by atoms with Crippen molar-refractivity contribution in [2.75, 3.05) is 0 Å². The molecule has 0 atom stereocenters. The first-order chi connectivity index (χ1) is 4.31. The zero-order chi connectivity index (χ0) is 7.11. The second-order valence-corrected chi connectivity index (χ2v) is 1.67. The van der Waals surface area contributed by atoms with Gasteiger partial charge in [0.1, 0.15) is 0 Å². The topological polar surface area (TPSA) is 38.4 Å². The summed E-state index contributed by atoms with van der Waals surface area (Å²) in [5, 5.41) is 0. The zero-order valence-electron chi connectivity index (χ0n) is 5.83. The van der Waals surface area contributed by atoms with Crippen molar-refractivity contribution in [1.29, 1.82) is 0 Å². The molecule has 0 spiro atoms. The van der Waals surface area contributed by atoms with Gasteiger partial charge in [0.2, 0.25) is 0 Å². The fourth-order valence-electron chi connectivity index (χ4n) is 0.290. The molecule has 0 aliphatic carbocycles. The summed E-state index contributed by atoms with van der Waals surface area (Å²) in [6.07, 6.45) is 6.81. The molecule has 2 heteroatoms. The first-order valence-electron chi connectivity index (χ1n) is 2.84. The highest BCUT2D eigenvalue weighted by molar-refractivity contribution is 5.77. The van der Waals surface area contributed by atoms with E-state index in [0.717, 1.165) is 5.57 Å². The van der Waals surface area contributed by atoms with Crippen molar-refractivity contribution >= 4 is 6.21 Å². The highest BCUT2D eigenvalue weighted by atomic mass is 14.7. The highest BCUT2D eigenvalue weighted by Crippen LogP contribution is 1.82. The minimum absolute atomic E-state index is 0.966. The molecule has 0 aromatic rings. The highest BCUT2D eigenvalue weighted by Gasteiger charge is 1.73. The molecule has 2 N–H and O–H groups in total. The maximum absolute atomic E-state index is 5.18. The second-order valence-electron chi connectivity index (χ2n) is 1.67. The monoisotopic (exact) mass is 124 g/mol. The van der Waals surface area contributed by atoms with Gasteiger partial charge in [-0.1, -0.05) is 6.08 Å². The maximum atomic E-state index is 5.18. The van der Waals surface area contributed by atoms with E-state index in [1.165, 1.54) is 6.20 Å². The van der Waals surface area contributed by atoms with Crippen molar-refractivity contribution in [2.45, 2.75) is 13.8 Å². The van der Waals surface area contributed by atoms with Gasteiger partial charge in [0.25, 0.3) is 0 Å². The number of aliphatic imine (C=N–C) groups is 1. The molecule has 0 aromatic carbocycles. The molecule has 2 nitrogen and oxygen atoms in total. The van der Waals surface area contributed by atoms with E-state index in [4.69, 9.17) is 5.73 Å². The van der Waals surface area contributed by atoms with Gasteiger partial charge in [-0.05, 0) is 25.6 Å². The van der Waals surface area contributed by atoms with Gasteiger partial charge in [-0.15, -0.1) is 0 Å². The number of allylic oxidation sites excluding steroid dienone is 2. The quantitative estimate of drug-likeness (QED) is 0.556. The molecule has 50 valence electrons. The Labute approximate surface area is 55.8 Å². The summed E-state index contributed by atoms with van der Waals surface area (Å²) in [5.41, 5.74) is 6.14. The number of hydrogen-bond donors (Lipinski definition) is 1. The molecule has 0 rings (SSSR count). The van der Waals surface area contributed by atoms with Crippen LogP contribution in [-0.2, 0) is 0 Å². The van der Waals surface area contributed by atoms with Gasteiger partial charge < -0.3 is 5.73 Å². The van der Waals surface area contributed by atoms with Crippen molar-refractivity contribution in [3.8, 4) is 0 Å². The lowest BCUT2D eigenvalue weighted by Gasteiger charge is -1.82. The third-order valence-electron chi connectivity index (χ3n) is 0.776. The molecule has 9 heavy (non-hydrogen) atoms. The molecule has 0 bridgehead atoms. The largest absolute Gasteiger partial charge is 0.404 e. The molecule has 0 aliphatic rings. The molecule has 0 amide bonds. The van der Waals surface area contributed by atoms with Crippen LogP contribution in [0.2, 0.25) is 0 Å². The minimum atomic E-state index is 0.966. The van der Waals surface area contributed by atoms with Gasteiger partial charge >= 0.3 is 0 Å². The molecule has 0 unspecified atom stereocenters. The van der Waals surface area contributed by atoms with Crippen LogP contribution in [-0.4, -0.2) is 6.21 Å². The van der Waals surface area contributed by atoms with Gasteiger partial charge in [0.15, 0.2) is 0 Å². The average Bonchev–Trinajstić information content (AvgIpc) is 1.89. The molecule has 0 aliphatic heterocycles. The van der Waals surface area contributed by atoms with E-state index in [2.05, 4.69) is 4.99 Å². The van der Waals surface area contributed by atoms with E-state index < -0.39 is 0 Å². The van der Waals surface area contributed by atoms with Crippen LogP contribution in [0.1, 0.15) is 13.8 Å². The molecule has 0 saturated carbocycles. The van der Waals surface area contributed by atoms with E-state index in [1.54, 1.807) is 12.4 Å². The number of rotatable bonds is 2. The third-order valence-corrected chi connectivity index (χ3v) is 0.776. The summed E-state index contributed by atoms with van der Waals surface area (Å²) in [5.74, 6) is 0. The van der Waals surface area contributed by atoms with Crippen LogP contribution < -0.4 is 5.73 Å². The first-order valence-corrected chi connectivity index (χ1v) is 2.84. The summed E-state index contributed by atoms with van der Waals surface area (Å²) in [7, 11) is 0. The number of nitrogens with zero attached hydrogens (tertiary/aromatic N) is 1. The predicted octanol–water partition coefficient (Wildman–Crippen LogP) is 1.45. The maximum Gasteiger partial charge on any atom is 0.0311 e. The Bertz CT molecular complexity index is 143. The van der Waals surface area contributed by atoms with Crippen LogP contribution >= 0.6 is 0 Å². The van der Waals surface area contributed by atoms with Crippen LogP contribution in [0.4, 0.5) is 0 Å². The van der Waals surface area contributed by atoms with E-state index in [1.807, 2.05) is 19.9 Å². The van der Waals surface area contributed by atoms with E-state index >= 15 is 0 Å². The Hall–Kier alpha value is -1.05.